The van der Waals surface area contributed by atoms with E-state index in [0.717, 1.165) is 11.3 Å². The zero-order valence-corrected chi connectivity index (χ0v) is 9.38. The summed E-state index contributed by atoms with van der Waals surface area (Å²) in [4.78, 5) is 12.2. The first kappa shape index (κ1) is 11.7. The number of hydrogen-bond donors (Lipinski definition) is 2. The van der Waals surface area contributed by atoms with Crippen LogP contribution in [0.4, 0.5) is 11.4 Å². The van der Waals surface area contributed by atoms with Crippen molar-refractivity contribution in [2.45, 2.75) is 6.92 Å². The van der Waals surface area contributed by atoms with Crippen molar-refractivity contribution in [3.05, 3.63) is 22.7 Å². The van der Waals surface area contributed by atoms with Crippen LogP contribution in [0.25, 0.3) is 0 Å². The molecule has 0 heterocycles. The topological polar surface area (TPSA) is 66.6 Å². The van der Waals surface area contributed by atoms with Crippen molar-refractivity contribution in [1.29, 1.82) is 0 Å². The summed E-state index contributed by atoms with van der Waals surface area (Å²) < 4.78 is 0. The first-order valence-electron chi connectivity index (χ1n) is 4.40. The highest BCUT2D eigenvalue weighted by molar-refractivity contribution is 6.33. The average Bonchev–Trinajstić information content (AvgIpc) is 2.09. The van der Waals surface area contributed by atoms with Crippen LogP contribution in [-0.2, 0) is 4.79 Å². The van der Waals surface area contributed by atoms with Gasteiger partial charge >= 0.3 is 5.97 Å². The minimum absolute atomic E-state index is 0.0684. The maximum absolute atomic E-state index is 10.5. The van der Waals surface area contributed by atoms with Gasteiger partial charge in [0.15, 0.2) is 0 Å². The van der Waals surface area contributed by atoms with Gasteiger partial charge in [0, 0.05) is 12.7 Å². The Labute approximate surface area is 93.2 Å². The minimum atomic E-state index is -0.884. The third kappa shape index (κ3) is 2.76. The van der Waals surface area contributed by atoms with E-state index in [1.165, 1.54) is 0 Å². The van der Waals surface area contributed by atoms with E-state index in [0.29, 0.717) is 10.7 Å². The molecule has 0 spiro atoms. The van der Waals surface area contributed by atoms with Gasteiger partial charge in [-0.3, -0.25) is 4.79 Å². The molecule has 0 amide bonds. The summed E-state index contributed by atoms with van der Waals surface area (Å²) in [5.41, 5.74) is 7.80. The zero-order chi connectivity index (χ0) is 11.6. The minimum Gasteiger partial charge on any atom is -0.480 e. The van der Waals surface area contributed by atoms with Gasteiger partial charge in [0.1, 0.15) is 6.54 Å². The molecule has 0 aromatic heterocycles. The van der Waals surface area contributed by atoms with Gasteiger partial charge in [-0.1, -0.05) is 11.6 Å². The molecule has 0 unspecified atom stereocenters. The molecule has 0 radical (unpaired) electrons. The summed E-state index contributed by atoms with van der Waals surface area (Å²) in [5.74, 6) is -0.884. The largest absolute Gasteiger partial charge is 0.480 e. The lowest BCUT2D eigenvalue weighted by Gasteiger charge is -2.20. The monoisotopic (exact) mass is 228 g/mol. The summed E-state index contributed by atoms with van der Waals surface area (Å²) in [5, 5.41) is 9.10. The number of aliphatic carboxylic acids is 1. The number of hydrogen-bond acceptors (Lipinski definition) is 3. The Morgan fingerprint density at radius 3 is 2.73 bits per heavy atom. The first-order valence-corrected chi connectivity index (χ1v) is 4.78. The van der Waals surface area contributed by atoms with Crippen LogP contribution in [0.15, 0.2) is 12.1 Å². The lowest BCUT2D eigenvalue weighted by atomic mass is 10.1. The summed E-state index contributed by atoms with van der Waals surface area (Å²) in [6, 6.07) is 3.41. The predicted molar refractivity (Wildman–Crippen MR) is 61.5 cm³/mol. The van der Waals surface area contributed by atoms with Gasteiger partial charge in [0.05, 0.1) is 10.7 Å². The van der Waals surface area contributed by atoms with E-state index in [1.807, 2.05) is 6.92 Å². The molecule has 0 aliphatic heterocycles. The molecule has 0 aliphatic carbocycles. The Hall–Kier alpha value is -1.42. The average molecular weight is 229 g/mol. The summed E-state index contributed by atoms with van der Waals surface area (Å²) in [7, 11) is 1.70. The molecule has 15 heavy (non-hydrogen) atoms. The molecule has 0 fully saturated rings. The van der Waals surface area contributed by atoms with Gasteiger partial charge < -0.3 is 15.7 Å². The Morgan fingerprint density at radius 1 is 1.60 bits per heavy atom. The van der Waals surface area contributed by atoms with Crippen LogP contribution in [0.3, 0.4) is 0 Å². The van der Waals surface area contributed by atoms with Crippen molar-refractivity contribution < 1.29 is 9.90 Å². The van der Waals surface area contributed by atoms with Gasteiger partial charge in [-0.25, -0.2) is 0 Å². The normalized spacial score (nSPS) is 10.1. The van der Waals surface area contributed by atoms with Crippen molar-refractivity contribution in [3.63, 3.8) is 0 Å². The number of aryl methyl sites for hydroxylation is 1. The van der Waals surface area contributed by atoms with Crippen LogP contribution >= 0.6 is 11.6 Å². The molecule has 1 aromatic carbocycles. The lowest BCUT2D eigenvalue weighted by molar-refractivity contribution is -0.135. The van der Waals surface area contributed by atoms with Crippen LogP contribution in [-0.4, -0.2) is 24.7 Å². The molecule has 3 N–H and O–H groups in total. The van der Waals surface area contributed by atoms with E-state index in [1.54, 1.807) is 24.1 Å². The Morgan fingerprint density at radius 2 is 2.20 bits per heavy atom. The number of anilines is 2. The third-order valence-corrected chi connectivity index (χ3v) is 2.43. The number of rotatable bonds is 3. The highest BCUT2D eigenvalue weighted by atomic mass is 35.5. The Kier molecular flexibility index (Phi) is 3.42. The SMILES string of the molecule is Cc1cc(N)c(Cl)cc1N(C)CC(=O)O. The second-order valence-corrected chi connectivity index (χ2v) is 3.82. The van der Waals surface area contributed by atoms with E-state index in [-0.39, 0.29) is 6.54 Å². The van der Waals surface area contributed by atoms with Crippen molar-refractivity contribution in [3.8, 4) is 0 Å². The fourth-order valence-corrected chi connectivity index (χ4v) is 1.55. The number of carbonyl (C=O) groups is 1. The predicted octanol–water partition coefficient (Wildman–Crippen LogP) is 1.75. The van der Waals surface area contributed by atoms with Crippen LogP contribution in [0, 0.1) is 6.92 Å². The lowest BCUT2D eigenvalue weighted by Crippen LogP contribution is -2.25. The van der Waals surface area contributed by atoms with Crippen LogP contribution in [0.2, 0.25) is 5.02 Å². The van der Waals surface area contributed by atoms with E-state index in [9.17, 15) is 4.79 Å². The van der Waals surface area contributed by atoms with Crippen molar-refractivity contribution >= 4 is 28.9 Å². The molecule has 82 valence electrons. The van der Waals surface area contributed by atoms with Crippen molar-refractivity contribution in [1.82, 2.24) is 0 Å². The quantitative estimate of drug-likeness (QED) is 0.774. The zero-order valence-electron chi connectivity index (χ0n) is 8.62. The molecular weight excluding hydrogens is 216 g/mol. The second kappa shape index (κ2) is 4.40. The Balaban J connectivity index is 3.03. The molecule has 0 bridgehead atoms. The fourth-order valence-electron chi connectivity index (χ4n) is 1.39. The molecular formula is C10H13ClN2O2. The molecule has 0 saturated carbocycles. The number of halogens is 1. The van der Waals surface area contributed by atoms with Crippen molar-refractivity contribution in [2.75, 3.05) is 24.2 Å². The highest BCUT2D eigenvalue weighted by Gasteiger charge is 2.10. The first-order chi connectivity index (χ1) is 6.91. The van der Waals surface area contributed by atoms with E-state index < -0.39 is 5.97 Å². The van der Waals surface area contributed by atoms with Crippen LogP contribution < -0.4 is 10.6 Å². The number of nitrogens with zero attached hydrogens (tertiary/aromatic N) is 1. The van der Waals surface area contributed by atoms with E-state index in [4.69, 9.17) is 22.4 Å². The standard InChI is InChI=1S/C10H13ClN2O2/c1-6-3-8(12)7(11)4-9(6)13(2)5-10(14)15/h3-4H,5,12H2,1-2H3,(H,14,15). The van der Waals surface area contributed by atoms with Crippen molar-refractivity contribution in [2.24, 2.45) is 0 Å². The van der Waals surface area contributed by atoms with E-state index in [2.05, 4.69) is 0 Å². The fraction of sp³-hybridized carbons (Fsp3) is 0.300. The number of carboxylic acid groups (broad SMARTS) is 1. The molecule has 0 aliphatic rings. The maximum Gasteiger partial charge on any atom is 0.323 e. The molecule has 1 rings (SSSR count). The highest BCUT2D eigenvalue weighted by Crippen LogP contribution is 2.28. The summed E-state index contributed by atoms with van der Waals surface area (Å²) in [6.07, 6.45) is 0. The Bertz CT molecular complexity index is 393. The van der Waals surface area contributed by atoms with Gasteiger partial charge in [0.25, 0.3) is 0 Å². The number of likely N-dealkylation sites (N-methyl/N-ethyl adjacent to an activating group) is 1. The van der Waals surface area contributed by atoms with Gasteiger partial charge in [0.2, 0.25) is 0 Å². The number of nitrogens with two attached hydrogens (primary N) is 1. The molecule has 1 aromatic rings. The molecule has 5 heteroatoms. The molecule has 0 atom stereocenters. The summed E-state index contributed by atoms with van der Waals surface area (Å²) >= 11 is 5.87. The van der Waals surface area contributed by atoms with Gasteiger partial charge in [-0.15, -0.1) is 0 Å². The summed E-state index contributed by atoms with van der Waals surface area (Å²) in [6.45, 7) is 1.79. The number of nitrogen functional groups attached to an aromatic ring is 1. The van der Waals surface area contributed by atoms with Crippen LogP contribution in [0.5, 0.6) is 0 Å². The smallest absolute Gasteiger partial charge is 0.323 e. The van der Waals surface area contributed by atoms with Crippen LogP contribution in [0.1, 0.15) is 5.56 Å². The van der Waals surface area contributed by atoms with Gasteiger partial charge in [-0.05, 0) is 24.6 Å². The molecule has 4 nitrogen and oxygen atoms in total. The van der Waals surface area contributed by atoms with E-state index >= 15 is 0 Å². The second-order valence-electron chi connectivity index (χ2n) is 3.41. The third-order valence-electron chi connectivity index (χ3n) is 2.10. The maximum atomic E-state index is 10.5. The molecule has 0 saturated heterocycles. The number of benzene rings is 1. The van der Waals surface area contributed by atoms with Gasteiger partial charge in [-0.2, -0.15) is 0 Å². The number of carboxylic acids is 1.